The molecule has 0 fully saturated rings. The van der Waals surface area contributed by atoms with E-state index in [-0.39, 0.29) is 21.6 Å². The number of nitro benzene ring substituents is 1. The minimum Gasteiger partial charge on any atom is -0.355 e. The van der Waals surface area contributed by atoms with Crippen molar-refractivity contribution in [3.8, 4) is 6.07 Å². The normalized spacial score (nSPS) is 11.0. The zero-order chi connectivity index (χ0) is 15.4. The molecule has 2 N–H and O–H groups in total. The number of nitriles is 1. The number of anilines is 1. The molecule has 1 heterocycles. The summed E-state index contributed by atoms with van der Waals surface area (Å²) in [7, 11) is 0. The maximum Gasteiger partial charge on any atom is 0.295 e. The molecule has 0 amide bonds. The molecular formula is C10H5BrFN7O2. The number of nitrogens with one attached hydrogen (secondary N) is 2. The van der Waals surface area contributed by atoms with E-state index in [1.807, 2.05) is 6.07 Å². The molecule has 0 aliphatic carbocycles. The zero-order valence-electron chi connectivity index (χ0n) is 10.0. The van der Waals surface area contributed by atoms with Gasteiger partial charge in [0.1, 0.15) is 23.1 Å². The Morgan fingerprint density at radius 3 is 2.95 bits per heavy atom. The molecule has 2 rings (SSSR count). The van der Waals surface area contributed by atoms with E-state index in [4.69, 9.17) is 5.26 Å². The number of aromatic nitrogens is 4. The Bertz CT molecular complexity index is 754. The van der Waals surface area contributed by atoms with Crippen LogP contribution in [-0.4, -0.2) is 25.5 Å². The highest BCUT2D eigenvalue weighted by Crippen LogP contribution is 2.30. The van der Waals surface area contributed by atoms with Crippen molar-refractivity contribution in [1.82, 2.24) is 20.6 Å². The number of nitrogens with zero attached hydrogens (tertiary/aromatic N) is 5. The number of tetrazole rings is 1. The van der Waals surface area contributed by atoms with Crippen LogP contribution in [0.25, 0.3) is 5.57 Å². The van der Waals surface area contributed by atoms with Gasteiger partial charge < -0.3 is 5.32 Å². The van der Waals surface area contributed by atoms with Crippen LogP contribution in [0.1, 0.15) is 5.82 Å². The molecule has 11 heteroatoms. The zero-order valence-corrected chi connectivity index (χ0v) is 11.6. The van der Waals surface area contributed by atoms with Gasteiger partial charge in [-0.15, -0.1) is 10.2 Å². The number of benzene rings is 1. The minimum atomic E-state index is -0.769. The van der Waals surface area contributed by atoms with Crippen molar-refractivity contribution in [2.75, 3.05) is 5.32 Å². The fourth-order valence-corrected chi connectivity index (χ4v) is 1.72. The van der Waals surface area contributed by atoms with Crippen LogP contribution in [0.15, 0.2) is 22.8 Å². The Hall–Kier alpha value is -2.87. The van der Waals surface area contributed by atoms with Crippen molar-refractivity contribution in [3.05, 3.63) is 44.6 Å². The number of aromatic amines is 1. The molecule has 0 saturated carbocycles. The molecule has 1 aromatic carbocycles. The second-order valence-electron chi connectivity index (χ2n) is 3.59. The van der Waals surface area contributed by atoms with Gasteiger partial charge in [0.2, 0.25) is 5.82 Å². The first-order valence-corrected chi connectivity index (χ1v) is 6.06. The first kappa shape index (κ1) is 14.5. The third-order valence-corrected chi connectivity index (χ3v) is 2.92. The van der Waals surface area contributed by atoms with Gasteiger partial charge in [0.25, 0.3) is 5.69 Å². The summed E-state index contributed by atoms with van der Waals surface area (Å²) in [6.07, 6.45) is 1.16. The number of rotatable bonds is 4. The quantitative estimate of drug-likeness (QED) is 0.487. The predicted octanol–water partition coefficient (Wildman–Crippen LogP) is 1.99. The van der Waals surface area contributed by atoms with E-state index in [2.05, 4.69) is 41.9 Å². The smallest absolute Gasteiger partial charge is 0.295 e. The van der Waals surface area contributed by atoms with E-state index in [9.17, 15) is 14.5 Å². The highest BCUT2D eigenvalue weighted by Gasteiger charge is 2.17. The number of hydrogen-bond donors (Lipinski definition) is 2. The Kier molecular flexibility index (Phi) is 4.19. The second kappa shape index (κ2) is 6.06. The lowest BCUT2D eigenvalue weighted by Crippen LogP contribution is -1.99. The first-order valence-electron chi connectivity index (χ1n) is 5.27. The van der Waals surface area contributed by atoms with Crippen LogP contribution in [0.5, 0.6) is 0 Å². The number of nitro groups is 1. The summed E-state index contributed by atoms with van der Waals surface area (Å²) in [6, 6.07) is 3.76. The number of halogens is 2. The van der Waals surface area contributed by atoms with E-state index in [1.54, 1.807) is 0 Å². The Balaban J connectivity index is 2.38. The van der Waals surface area contributed by atoms with E-state index >= 15 is 0 Å². The monoisotopic (exact) mass is 353 g/mol. The van der Waals surface area contributed by atoms with Gasteiger partial charge in [0.15, 0.2) is 0 Å². The van der Waals surface area contributed by atoms with Crippen LogP contribution < -0.4 is 5.32 Å². The lowest BCUT2D eigenvalue weighted by molar-refractivity contribution is -0.384. The summed E-state index contributed by atoms with van der Waals surface area (Å²) in [4.78, 5) is 10.1. The predicted molar refractivity (Wildman–Crippen MR) is 72.1 cm³/mol. The van der Waals surface area contributed by atoms with Gasteiger partial charge in [-0.2, -0.15) is 10.5 Å². The summed E-state index contributed by atoms with van der Waals surface area (Å²) in [5, 5.41) is 35.1. The summed E-state index contributed by atoms with van der Waals surface area (Å²) in [6.45, 7) is 0. The van der Waals surface area contributed by atoms with Gasteiger partial charge in [-0.25, -0.2) is 4.39 Å². The van der Waals surface area contributed by atoms with Gasteiger partial charge in [-0.05, 0) is 27.2 Å². The molecule has 106 valence electrons. The Labute approximate surface area is 124 Å². The van der Waals surface area contributed by atoms with Crippen LogP contribution in [0, 0.1) is 27.3 Å². The maximum absolute atomic E-state index is 13.3. The molecule has 0 bridgehead atoms. The molecular weight excluding hydrogens is 349 g/mol. The maximum atomic E-state index is 13.3. The average molecular weight is 354 g/mol. The van der Waals surface area contributed by atoms with Crippen LogP contribution in [0.2, 0.25) is 0 Å². The van der Waals surface area contributed by atoms with E-state index in [0.717, 1.165) is 12.3 Å². The largest absolute Gasteiger partial charge is 0.355 e. The average Bonchev–Trinajstić information content (AvgIpc) is 2.96. The molecule has 0 spiro atoms. The molecule has 2 aromatic rings. The number of hydrogen-bond acceptors (Lipinski definition) is 7. The van der Waals surface area contributed by atoms with E-state index in [1.165, 1.54) is 6.07 Å². The van der Waals surface area contributed by atoms with E-state index < -0.39 is 16.4 Å². The molecule has 0 unspecified atom stereocenters. The summed E-state index contributed by atoms with van der Waals surface area (Å²) < 4.78 is 13.4. The van der Waals surface area contributed by atoms with Crippen LogP contribution in [0.3, 0.4) is 0 Å². The molecule has 0 aliphatic heterocycles. The van der Waals surface area contributed by atoms with Crippen LogP contribution in [0.4, 0.5) is 15.8 Å². The van der Waals surface area contributed by atoms with Crippen LogP contribution in [-0.2, 0) is 0 Å². The molecule has 0 aliphatic rings. The Morgan fingerprint density at radius 2 is 2.38 bits per heavy atom. The molecule has 21 heavy (non-hydrogen) atoms. The third kappa shape index (κ3) is 3.18. The van der Waals surface area contributed by atoms with Gasteiger partial charge in [0.05, 0.1) is 15.5 Å². The van der Waals surface area contributed by atoms with Gasteiger partial charge in [-0.3, -0.25) is 10.1 Å². The highest BCUT2D eigenvalue weighted by atomic mass is 79.9. The molecule has 9 nitrogen and oxygen atoms in total. The summed E-state index contributed by atoms with van der Waals surface area (Å²) in [5.41, 5.74) is -0.472. The standard InChI is InChI=1S/C10H5BrFN7O2/c11-6-1-8(9(19(20)21)2-7(6)12)14-4-5(3-13)10-15-17-18-16-10/h1-2,4,14H,(H,15,16,17,18). The van der Waals surface area contributed by atoms with Crippen molar-refractivity contribution in [3.63, 3.8) is 0 Å². The topological polar surface area (TPSA) is 133 Å². The van der Waals surface area contributed by atoms with Crippen molar-refractivity contribution in [2.45, 2.75) is 0 Å². The van der Waals surface area contributed by atoms with Crippen molar-refractivity contribution in [1.29, 1.82) is 5.26 Å². The van der Waals surface area contributed by atoms with E-state index in [0.29, 0.717) is 0 Å². The SMILES string of the molecule is N#CC(=CNc1cc(Br)c(F)cc1[N+](=O)[O-])c1nn[nH]n1. The lowest BCUT2D eigenvalue weighted by Gasteiger charge is -2.04. The third-order valence-electron chi connectivity index (χ3n) is 2.31. The minimum absolute atomic E-state index is 0.00139. The van der Waals surface area contributed by atoms with Crippen LogP contribution >= 0.6 is 15.9 Å². The highest BCUT2D eigenvalue weighted by molar-refractivity contribution is 9.10. The fourth-order valence-electron chi connectivity index (χ4n) is 1.38. The summed E-state index contributed by atoms with van der Waals surface area (Å²) in [5.74, 6) is -0.747. The second-order valence-corrected chi connectivity index (χ2v) is 4.44. The lowest BCUT2D eigenvalue weighted by atomic mass is 10.2. The van der Waals surface area contributed by atoms with Crippen molar-refractivity contribution >= 4 is 32.9 Å². The molecule has 0 saturated heterocycles. The Morgan fingerprint density at radius 1 is 1.62 bits per heavy atom. The molecule has 1 aromatic heterocycles. The van der Waals surface area contributed by atoms with Crippen molar-refractivity contribution < 1.29 is 9.31 Å². The van der Waals surface area contributed by atoms with Gasteiger partial charge >= 0.3 is 0 Å². The number of H-pyrrole nitrogens is 1. The van der Waals surface area contributed by atoms with Crippen molar-refractivity contribution in [2.24, 2.45) is 0 Å². The molecule has 0 radical (unpaired) electrons. The van der Waals surface area contributed by atoms with Gasteiger partial charge in [0, 0.05) is 6.20 Å². The van der Waals surface area contributed by atoms with Gasteiger partial charge in [-0.1, -0.05) is 0 Å². The summed E-state index contributed by atoms with van der Waals surface area (Å²) >= 11 is 2.93. The fraction of sp³-hybridized carbons (Fsp3) is 0. The first-order chi connectivity index (χ1) is 10.0. The molecule has 0 atom stereocenters. The number of allylic oxidation sites excluding steroid dienone is 1.